The molecule has 0 aliphatic rings. The summed E-state index contributed by atoms with van der Waals surface area (Å²) in [7, 11) is 2.26. The largest absolute Gasteiger partial charge is 0.354 e. The third kappa shape index (κ3) is 8.04. The molecule has 1 heterocycles. The molecule has 0 aliphatic heterocycles. The molecule has 0 amide bonds. The molecule has 2 N–H and O–H groups in total. The number of rotatable bonds is 6. The van der Waals surface area contributed by atoms with Gasteiger partial charge in [-0.15, -0.1) is 24.0 Å². The Kier molecular flexibility index (Phi) is 9.05. The molecule has 1 rings (SSSR count). The van der Waals surface area contributed by atoms with Gasteiger partial charge in [-0.3, -0.25) is 4.99 Å². The lowest BCUT2D eigenvalue weighted by atomic mass is 10.1. The maximum absolute atomic E-state index is 11.4. The van der Waals surface area contributed by atoms with Crippen molar-refractivity contribution in [2.45, 2.75) is 25.9 Å². The molecule has 0 saturated carbocycles. The summed E-state index contributed by atoms with van der Waals surface area (Å²) < 4.78 is 27.3. The first kappa shape index (κ1) is 23.5. The van der Waals surface area contributed by atoms with Crippen LogP contribution < -0.4 is 10.0 Å². The first-order valence-corrected chi connectivity index (χ1v) is 9.42. The first-order valence-electron chi connectivity index (χ1n) is 7.15. The normalized spacial score (nSPS) is 12.7. The van der Waals surface area contributed by atoms with Crippen LogP contribution in [0.1, 0.15) is 19.5 Å². The zero-order chi connectivity index (χ0) is 17.8. The monoisotopic (exact) mass is 491 g/mol. The maximum atomic E-state index is 11.4. The van der Waals surface area contributed by atoms with E-state index in [4.69, 9.17) is 11.6 Å². The van der Waals surface area contributed by atoms with E-state index in [1.807, 2.05) is 49.7 Å². The van der Waals surface area contributed by atoms with Crippen LogP contribution in [0.2, 0.25) is 5.02 Å². The van der Waals surface area contributed by atoms with Gasteiger partial charge in [0.15, 0.2) is 5.96 Å². The number of aliphatic imine (C=N–C) groups is 1. The quantitative estimate of drug-likeness (QED) is 0.360. The summed E-state index contributed by atoms with van der Waals surface area (Å²) >= 11 is 5.99. The van der Waals surface area contributed by atoms with Crippen molar-refractivity contribution in [2.75, 3.05) is 26.9 Å². The lowest BCUT2D eigenvalue weighted by molar-refractivity contribution is 0.418. The summed E-state index contributed by atoms with van der Waals surface area (Å²) in [5.74, 6) is 0.672. The Morgan fingerprint density at radius 3 is 2.46 bits per heavy atom. The van der Waals surface area contributed by atoms with Crippen LogP contribution in [-0.2, 0) is 23.6 Å². The van der Waals surface area contributed by atoms with Crippen molar-refractivity contribution in [3.05, 3.63) is 23.0 Å². The molecule has 24 heavy (non-hydrogen) atoms. The van der Waals surface area contributed by atoms with Gasteiger partial charge < -0.3 is 14.8 Å². The molecular formula is C14H27ClIN5O2S. The predicted octanol–water partition coefficient (Wildman–Crippen LogP) is 1.63. The Morgan fingerprint density at radius 1 is 1.46 bits per heavy atom. The number of nitrogens with zero attached hydrogens (tertiary/aromatic N) is 3. The van der Waals surface area contributed by atoms with E-state index in [1.54, 1.807) is 7.05 Å². The van der Waals surface area contributed by atoms with Crippen molar-refractivity contribution >= 4 is 51.6 Å². The molecule has 0 aliphatic carbocycles. The third-order valence-corrected chi connectivity index (χ3v) is 4.33. The Hall–Kier alpha value is -0.520. The summed E-state index contributed by atoms with van der Waals surface area (Å²) in [5.41, 5.74) is 0.424. The van der Waals surface area contributed by atoms with Gasteiger partial charge >= 0.3 is 0 Å². The van der Waals surface area contributed by atoms with Gasteiger partial charge in [-0.05, 0) is 19.9 Å². The van der Waals surface area contributed by atoms with Crippen LogP contribution in [-0.4, -0.2) is 56.3 Å². The Labute approximate surface area is 166 Å². The molecule has 0 unspecified atom stereocenters. The van der Waals surface area contributed by atoms with E-state index < -0.39 is 15.6 Å². The minimum atomic E-state index is -3.27. The fourth-order valence-corrected chi connectivity index (χ4v) is 3.61. The van der Waals surface area contributed by atoms with Crippen LogP contribution >= 0.6 is 35.6 Å². The average molecular weight is 492 g/mol. The van der Waals surface area contributed by atoms with Gasteiger partial charge in [-0.25, -0.2) is 13.1 Å². The minimum absolute atomic E-state index is 0. The second kappa shape index (κ2) is 9.25. The lowest BCUT2D eigenvalue weighted by Crippen LogP contribution is -2.53. The highest BCUT2D eigenvalue weighted by molar-refractivity contribution is 14.0. The zero-order valence-corrected chi connectivity index (χ0v) is 18.8. The highest BCUT2D eigenvalue weighted by atomic mass is 127. The molecular weight excluding hydrogens is 465 g/mol. The number of hydrogen-bond acceptors (Lipinski definition) is 3. The van der Waals surface area contributed by atoms with Gasteiger partial charge in [-0.1, -0.05) is 11.6 Å². The number of nitrogens with one attached hydrogen (secondary N) is 2. The van der Waals surface area contributed by atoms with Crippen molar-refractivity contribution < 1.29 is 8.42 Å². The molecule has 0 atom stereocenters. The van der Waals surface area contributed by atoms with Gasteiger partial charge in [0.05, 0.1) is 17.8 Å². The predicted molar refractivity (Wildman–Crippen MR) is 111 cm³/mol. The molecule has 1 aromatic heterocycles. The standard InChI is InChI=1S/C14H26ClN5O2S.HI/c1-14(2,18-23(6,21)22)10-17-13(16-3)20(5)9-12-7-11(15)8-19(12)4;/h7-8,18H,9-10H2,1-6H3,(H,16,17);1H. The SMILES string of the molecule is CN=C(NCC(C)(C)NS(C)(=O)=O)N(C)Cc1cc(Cl)cn1C.I. The molecule has 1 aromatic rings. The first-order chi connectivity index (χ1) is 10.4. The van der Waals surface area contributed by atoms with E-state index in [0.29, 0.717) is 24.1 Å². The molecule has 0 spiro atoms. The molecule has 0 saturated heterocycles. The molecule has 0 aromatic carbocycles. The van der Waals surface area contributed by atoms with Gasteiger partial charge in [0.25, 0.3) is 0 Å². The van der Waals surface area contributed by atoms with Crippen molar-refractivity contribution in [3.8, 4) is 0 Å². The van der Waals surface area contributed by atoms with Crippen LogP contribution in [0, 0.1) is 0 Å². The maximum Gasteiger partial charge on any atom is 0.209 e. The van der Waals surface area contributed by atoms with E-state index in [1.165, 1.54) is 0 Å². The summed E-state index contributed by atoms with van der Waals surface area (Å²) in [6.45, 7) is 4.66. The zero-order valence-electron chi connectivity index (χ0n) is 14.9. The van der Waals surface area contributed by atoms with E-state index in [0.717, 1.165) is 11.9 Å². The van der Waals surface area contributed by atoms with Crippen LogP contribution in [0.15, 0.2) is 17.3 Å². The molecule has 0 fully saturated rings. The summed E-state index contributed by atoms with van der Waals surface area (Å²) in [5, 5.41) is 3.88. The number of aryl methyl sites for hydroxylation is 1. The smallest absolute Gasteiger partial charge is 0.209 e. The highest BCUT2D eigenvalue weighted by Crippen LogP contribution is 2.14. The fourth-order valence-electron chi connectivity index (χ4n) is 2.26. The van der Waals surface area contributed by atoms with E-state index >= 15 is 0 Å². The summed E-state index contributed by atoms with van der Waals surface area (Å²) in [6.07, 6.45) is 2.99. The van der Waals surface area contributed by atoms with E-state index in [-0.39, 0.29) is 24.0 Å². The number of sulfonamides is 1. The highest BCUT2D eigenvalue weighted by Gasteiger charge is 2.23. The molecule has 0 bridgehead atoms. The summed E-state index contributed by atoms with van der Waals surface area (Å²) in [4.78, 5) is 6.18. The number of aromatic nitrogens is 1. The molecule has 7 nitrogen and oxygen atoms in total. The third-order valence-electron chi connectivity index (χ3n) is 3.20. The molecule has 140 valence electrons. The summed E-state index contributed by atoms with van der Waals surface area (Å²) in [6, 6.07) is 1.90. The minimum Gasteiger partial charge on any atom is -0.354 e. The van der Waals surface area contributed by atoms with Crippen molar-refractivity contribution in [3.63, 3.8) is 0 Å². The van der Waals surface area contributed by atoms with Crippen molar-refractivity contribution in [2.24, 2.45) is 12.0 Å². The second-order valence-electron chi connectivity index (χ2n) is 6.28. The van der Waals surface area contributed by atoms with Gasteiger partial charge in [-0.2, -0.15) is 0 Å². The molecule has 10 heteroatoms. The fraction of sp³-hybridized carbons (Fsp3) is 0.643. The van der Waals surface area contributed by atoms with Crippen LogP contribution in [0.25, 0.3) is 0 Å². The number of halogens is 2. The topological polar surface area (TPSA) is 78.7 Å². The number of guanidine groups is 1. The Morgan fingerprint density at radius 2 is 2.04 bits per heavy atom. The lowest BCUT2D eigenvalue weighted by Gasteiger charge is -2.29. The van der Waals surface area contributed by atoms with Crippen molar-refractivity contribution in [1.29, 1.82) is 0 Å². The van der Waals surface area contributed by atoms with Gasteiger partial charge in [0.1, 0.15) is 0 Å². The van der Waals surface area contributed by atoms with Crippen molar-refractivity contribution in [1.82, 2.24) is 19.5 Å². The Balaban J connectivity index is 0.00000529. The van der Waals surface area contributed by atoms with Gasteiger partial charge in [0.2, 0.25) is 10.0 Å². The number of hydrogen-bond donors (Lipinski definition) is 2. The average Bonchev–Trinajstić information content (AvgIpc) is 2.65. The Bertz CT molecular complexity index is 673. The molecule has 0 radical (unpaired) electrons. The second-order valence-corrected chi connectivity index (χ2v) is 8.46. The van der Waals surface area contributed by atoms with E-state index in [2.05, 4.69) is 15.0 Å². The van der Waals surface area contributed by atoms with Crippen LogP contribution in [0.5, 0.6) is 0 Å². The van der Waals surface area contributed by atoms with Crippen LogP contribution in [0.3, 0.4) is 0 Å². The van der Waals surface area contributed by atoms with Crippen LogP contribution in [0.4, 0.5) is 0 Å². The van der Waals surface area contributed by atoms with E-state index in [9.17, 15) is 8.42 Å². The van der Waals surface area contributed by atoms with Gasteiger partial charge in [0, 0.05) is 45.1 Å².